The molecule has 1 aliphatic carbocycles. The van der Waals surface area contributed by atoms with Crippen molar-refractivity contribution in [2.45, 2.75) is 25.0 Å². The third kappa shape index (κ3) is 2.66. The van der Waals surface area contributed by atoms with Gasteiger partial charge in [-0.25, -0.2) is 0 Å². The number of aliphatic imine (C=N–C) groups is 1. The first kappa shape index (κ1) is 10.8. The van der Waals surface area contributed by atoms with E-state index in [0.29, 0.717) is 5.25 Å². The fourth-order valence-electron chi connectivity index (χ4n) is 1.61. The Hall–Kier alpha value is 0.300. The van der Waals surface area contributed by atoms with Crippen molar-refractivity contribution in [3.8, 4) is 0 Å². The SMILES string of the molecule is CCN(CC1CC1)C1=NCC(CBr)S1. The molecule has 1 saturated carbocycles. The number of rotatable bonds is 4. The summed E-state index contributed by atoms with van der Waals surface area (Å²) in [5.74, 6) is 0.960. The van der Waals surface area contributed by atoms with E-state index in [2.05, 4.69) is 32.7 Å². The van der Waals surface area contributed by atoms with Gasteiger partial charge in [-0.15, -0.1) is 0 Å². The molecule has 0 radical (unpaired) electrons. The summed E-state index contributed by atoms with van der Waals surface area (Å²) in [6.45, 7) is 5.56. The third-order valence-corrected chi connectivity index (χ3v) is 5.16. The average Bonchev–Trinajstić information content (AvgIpc) is 2.90. The average molecular weight is 277 g/mol. The second-order valence-corrected chi connectivity index (χ2v) is 5.91. The maximum Gasteiger partial charge on any atom is 0.159 e. The van der Waals surface area contributed by atoms with Crippen molar-refractivity contribution in [2.24, 2.45) is 10.9 Å². The molecule has 2 nitrogen and oxygen atoms in total. The lowest BCUT2D eigenvalue weighted by Crippen LogP contribution is -2.30. The number of hydrogen-bond acceptors (Lipinski definition) is 3. The molecule has 0 bridgehead atoms. The number of thioether (sulfide) groups is 1. The molecule has 0 saturated heterocycles. The first-order chi connectivity index (χ1) is 6.83. The van der Waals surface area contributed by atoms with Gasteiger partial charge in [0.15, 0.2) is 5.17 Å². The Morgan fingerprint density at radius 3 is 2.86 bits per heavy atom. The van der Waals surface area contributed by atoms with Gasteiger partial charge in [-0.05, 0) is 25.7 Å². The van der Waals surface area contributed by atoms with Gasteiger partial charge in [0.05, 0.1) is 6.54 Å². The Kier molecular flexibility index (Phi) is 3.77. The largest absolute Gasteiger partial charge is 0.351 e. The molecule has 1 heterocycles. The lowest BCUT2D eigenvalue weighted by Gasteiger charge is -2.22. The van der Waals surface area contributed by atoms with Crippen molar-refractivity contribution in [3.63, 3.8) is 0 Å². The molecule has 80 valence electrons. The summed E-state index contributed by atoms with van der Waals surface area (Å²) >= 11 is 5.47. The van der Waals surface area contributed by atoms with Gasteiger partial charge in [0.25, 0.3) is 0 Å². The fraction of sp³-hybridized carbons (Fsp3) is 0.900. The Labute approximate surface area is 98.7 Å². The van der Waals surface area contributed by atoms with Crippen molar-refractivity contribution < 1.29 is 0 Å². The van der Waals surface area contributed by atoms with Gasteiger partial charge in [-0.2, -0.15) is 0 Å². The molecule has 1 atom stereocenters. The molecule has 0 N–H and O–H groups in total. The Morgan fingerprint density at radius 1 is 1.57 bits per heavy atom. The molecule has 1 unspecified atom stereocenters. The predicted octanol–water partition coefficient (Wildman–Crippen LogP) is 2.58. The zero-order valence-electron chi connectivity index (χ0n) is 8.58. The summed E-state index contributed by atoms with van der Waals surface area (Å²) in [4.78, 5) is 7.06. The first-order valence-corrected chi connectivity index (χ1v) is 7.35. The molecule has 2 rings (SSSR count). The van der Waals surface area contributed by atoms with Crippen molar-refractivity contribution in [3.05, 3.63) is 0 Å². The van der Waals surface area contributed by atoms with E-state index in [1.807, 2.05) is 11.8 Å². The van der Waals surface area contributed by atoms with E-state index < -0.39 is 0 Å². The van der Waals surface area contributed by atoms with Crippen molar-refractivity contribution in [2.75, 3.05) is 25.0 Å². The lowest BCUT2D eigenvalue weighted by molar-refractivity contribution is 0.427. The maximum atomic E-state index is 4.62. The monoisotopic (exact) mass is 276 g/mol. The normalized spacial score (nSPS) is 26.4. The molecular weight excluding hydrogens is 260 g/mol. The summed E-state index contributed by atoms with van der Waals surface area (Å²) < 4.78 is 0. The molecule has 0 aromatic carbocycles. The standard InChI is InChI=1S/C10H17BrN2S/c1-2-13(7-8-3-4-8)10-12-6-9(5-11)14-10/h8-9H,2-7H2,1H3. The summed E-state index contributed by atoms with van der Waals surface area (Å²) in [6.07, 6.45) is 2.85. The van der Waals surface area contributed by atoms with E-state index in [1.54, 1.807) is 0 Å². The molecule has 1 aliphatic heterocycles. The topological polar surface area (TPSA) is 15.6 Å². The number of amidine groups is 1. The third-order valence-electron chi connectivity index (χ3n) is 2.70. The Balaban J connectivity index is 1.85. The van der Waals surface area contributed by atoms with E-state index in [9.17, 15) is 0 Å². The molecule has 0 aromatic rings. The van der Waals surface area contributed by atoms with E-state index in [1.165, 1.54) is 24.6 Å². The van der Waals surface area contributed by atoms with Gasteiger partial charge < -0.3 is 4.90 Å². The van der Waals surface area contributed by atoms with Crippen LogP contribution in [0.15, 0.2) is 4.99 Å². The molecule has 14 heavy (non-hydrogen) atoms. The predicted molar refractivity (Wildman–Crippen MR) is 67.4 cm³/mol. The van der Waals surface area contributed by atoms with Gasteiger partial charge in [0, 0.05) is 23.7 Å². The minimum absolute atomic E-state index is 0.665. The number of nitrogens with zero attached hydrogens (tertiary/aromatic N) is 2. The highest BCUT2D eigenvalue weighted by atomic mass is 79.9. The van der Waals surface area contributed by atoms with Gasteiger partial charge in [-0.3, -0.25) is 4.99 Å². The minimum Gasteiger partial charge on any atom is -0.351 e. The van der Waals surface area contributed by atoms with Crippen LogP contribution in [0.1, 0.15) is 19.8 Å². The van der Waals surface area contributed by atoms with Crippen LogP contribution < -0.4 is 0 Å². The highest BCUT2D eigenvalue weighted by Crippen LogP contribution is 2.32. The highest BCUT2D eigenvalue weighted by Gasteiger charge is 2.28. The molecule has 0 spiro atoms. The van der Waals surface area contributed by atoms with E-state index in [-0.39, 0.29) is 0 Å². The van der Waals surface area contributed by atoms with Crippen LogP contribution in [0.4, 0.5) is 0 Å². The Morgan fingerprint density at radius 2 is 2.36 bits per heavy atom. The minimum atomic E-state index is 0.665. The number of alkyl halides is 1. The summed E-state index contributed by atoms with van der Waals surface area (Å²) in [5.41, 5.74) is 0. The molecule has 1 fully saturated rings. The Bertz CT molecular complexity index is 228. The van der Waals surface area contributed by atoms with Crippen LogP contribution in [-0.2, 0) is 0 Å². The lowest BCUT2D eigenvalue weighted by atomic mass is 10.4. The second kappa shape index (κ2) is 4.88. The van der Waals surface area contributed by atoms with Crippen LogP contribution in [0.2, 0.25) is 0 Å². The van der Waals surface area contributed by atoms with Crippen molar-refractivity contribution in [1.29, 1.82) is 0 Å². The van der Waals surface area contributed by atoms with Gasteiger partial charge >= 0.3 is 0 Å². The van der Waals surface area contributed by atoms with E-state index in [4.69, 9.17) is 0 Å². The van der Waals surface area contributed by atoms with E-state index in [0.717, 1.165) is 24.3 Å². The molecule has 2 aliphatic rings. The summed E-state index contributed by atoms with van der Waals surface area (Å²) in [7, 11) is 0. The molecule has 0 aromatic heterocycles. The van der Waals surface area contributed by atoms with Crippen molar-refractivity contribution in [1.82, 2.24) is 4.90 Å². The maximum absolute atomic E-state index is 4.62. The highest BCUT2D eigenvalue weighted by molar-refractivity contribution is 9.09. The van der Waals surface area contributed by atoms with Gasteiger partial charge in [-0.1, -0.05) is 27.7 Å². The number of halogens is 1. The molecular formula is C10H17BrN2S. The summed E-state index contributed by atoms with van der Waals surface area (Å²) in [6, 6.07) is 0. The second-order valence-electron chi connectivity index (χ2n) is 4.00. The van der Waals surface area contributed by atoms with Crippen LogP contribution in [0, 0.1) is 5.92 Å². The van der Waals surface area contributed by atoms with Crippen LogP contribution in [-0.4, -0.2) is 40.3 Å². The smallest absolute Gasteiger partial charge is 0.159 e. The van der Waals surface area contributed by atoms with Crippen LogP contribution >= 0.6 is 27.7 Å². The van der Waals surface area contributed by atoms with Crippen LogP contribution in [0.3, 0.4) is 0 Å². The zero-order chi connectivity index (χ0) is 9.97. The van der Waals surface area contributed by atoms with Gasteiger partial charge in [0.1, 0.15) is 0 Å². The first-order valence-electron chi connectivity index (χ1n) is 5.35. The van der Waals surface area contributed by atoms with E-state index >= 15 is 0 Å². The summed E-state index contributed by atoms with van der Waals surface area (Å²) in [5, 5.41) is 3.01. The number of hydrogen-bond donors (Lipinski definition) is 0. The zero-order valence-corrected chi connectivity index (χ0v) is 11.0. The van der Waals surface area contributed by atoms with Crippen molar-refractivity contribution >= 4 is 32.9 Å². The van der Waals surface area contributed by atoms with Crippen LogP contribution in [0.5, 0.6) is 0 Å². The fourth-order valence-corrected chi connectivity index (χ4v) is 3.23. The molecule has 0 amide bonds. The van der Waals surface area contributed by atoms with Crippen LogP contribution in [0.25, 0.3) is 0 Å². The quantitative estimate of drug-likeness (QED) is 0.734. The molecule has 4 heteroatoms. The van der Waals surface area contributed by atoms with Gasteiger partial charge in [0.2, 0.25) is 0 Å².